The molecule has 0 fully saturated rings. The average Bonchev–Trinajstić information content (AvgIpc) is 2.07. The molecule has 0 saturated carbocycles. The first-order valence-electron chi connectivity index (χ1n) is 4.32. The quantitative estimate of drug-likeness (QED) is 0.528. The van der Waals surface area contributed by atoms with E-state index in [1.165, 1.54) is 17.1 Å². The van der Waals surface area contributed by atoms with Gasteiger partial charge >= 0.3 is 52.3 Å². The zero-order chi connectivity index (χ0) is 8.53. The number of rotatable bonds is 1. The monoisotopic (exact) mass is 142 g/mol. The molecule has 0 radical (unpaired) electrons. The third-order valence-corrected chi connectivity index (χ3v) is 1.44. The SMILES string of the molecule is CCCC.[Li][c]1ccccc1. The minimum atomic E-state index is 1.32. The van der Waals surface area contributed by atoms with Gasteiger partial charge in [0.25, 0.3) is 0 Å². The molecule has 0 atom stereocenters. The Morgan fingerprint density at radius 1 is 1.00 bits per heavy atom. The summed E-state index contributed by atoms with van der Waals surface area (Å²) in [6.45, 7) is 4.36. The molecule has 0 nitrogen and oxygen atoms in total. The van der Waals surface area contributed by atoms with Crippen molar-refractivity contribution in [2.45, 2.75) is 26.7 Å². The van der Waals surface area contributed by atoms with Gasteiger partial charge in [-0.3, -0.25) is 0 Å². The van der Waals surface area contributed by atoms with Crippen LogP contribution in [0, 0.1) is 0 Å². The van der Waals surface area contributed by atoms with Gasteiger partial charge in [0.1, 0.15) is 0 Å². The van der Waals surface area contributed by atoms with Gasteiger partial charge in [0.15, 0.2) is 0 Å². The van der Waals surface area contributed by atoms with E-state index in [4.69, 9.17) is 0 Å². The molecule has 1 rings (SSSR count). The summed E-state index contributed by atoms with van der Waals surface area (Å²) in [5, 5.41) is 0. The summed E-state index contributed by atoms with van der Waals surface area (Å²) in [6.07, 6.45) is 2.64. The summed E-state index contributed by atoms with van der Waals surface area (Å²) in [5.41, 5.74) is 0. The molecule has 11 heavy (non-hydrogen) atoms. The number of hydrogen-bond acceptors (Lipinski definition) is 0. The van der Waals surface area contributed by atoms with Crippen LogP contribution in [0.4, 0.5) is 0 Å². The molecule has 0 aliphatic carbocycles. The fourth-order valence-electron chi connectivity index (χ4n) is 0.534. The van der Waals surface area contributed by atoms with Gasteiger partial charge < -0.3 is 0 Å². The number of hydrogen-bond donors (Lipinski definition) is 0. The van der Waals surface area contributed by atoms with Gasteiger partial charge in [-0.25, -0.2) is 0 Å². The van der Waals surface area contributed by atoms with Crippen LogP contribution in [0.2, 0.25) is 0 Å². The Morgan fingerprint density at radius 2 is 1.45 bits per heavy atom. The zero-order valence-corrected chi connectivity index (χ0v) is 7.80. The van der Waals surface area contributed by atoms with Gasteiger partial charge in [0, 0.05) is 0 Å². The van der Waals surface area contributed by atoms with Crippen LogP contribution in [0.15, 0.2) is 30.3 Å². The molecule has 0 aliphatic heterocycles. The molecule has 0 saturated heterocycles. The first-order chi connectivity index (χ1) is 5.31. The second kappa shape index (κ2) is 7.92. The Morgan fingerprint density at radius 3 is 1.64 bits per heavy atom. The second-order valence-electron chi connectivity index (χ2n) is 2.65. The normalized spacial score (nSPS) is 8.36. The van der Waals surface area contributed by atoms with Crippen molar-refractivity contribution < 1.29 is 0 Å². The van der Waals surface area contributed by atoms with E-state index in [1.54, 1.807) is 0 Å². The molecule has 0 N–H and O–H groups in total. The molecule has 1 aromatic carbocycles. The van der Waals surface area contributed by atoms with E-state index in [0.29, 0.717) is 0 Å². The molecular formula is C10H15Li. The minimum absolute atomic E-state index is 1.32. The second-order valence-corrected chi connectivity index (χ2v) is 2.65. The summed E-state index contributed by atoms with van der Waals surface area (Å²) in [7, 11) is 0. The Bertz CT molecular complexity index is 156. The molecule has 0 bridgehead atoms. The molecule has 0 amide bonds. The van der Waals surface area contributed by atoms with Crippen LogP contribution in [0.1, 0.15) is 26.7 Å². The van der Waals surface area contributed by atoms with Crippen LogP contribution < -0.4 is 4.24 Å². The number of benzene rings is 1. The van der Waals surface area contributed by atoms with E-state index in [9.17, 15) is 0 Å². The Kier molecular flexibility index (Phi) is 7.79. The van der Waals surface area contributed by atoms with Crippen molar-refractivity contribution in [1.82, 2.24) is 0 Å². The Hall–Kier alpha value is -0.183. The van der Waals surface area contributed by atoms with E-state index in [0.717, 1.165) is 0 Å². The van der Waals surface area contributed by atoms with Crippen LogP contribution in [-0.4, -0.2) is 17.7 Å². The van der Waals surface area contributed by atoms with E-state index < -0.39 is 0 Å². The third-order valence-electron chi connectivity index (χ3n) is 1.44. The Labute approximate surface area is 79.2 Å². The predicted molar refractivity (Wildman–Crippen MR) is 52.4 cm³/mol. The third kappa shape index (κ3) is 7.72. The predicted octanol–water partition coefficient (Wildman–Crippen LogP) is 2.29. The van der Waals surface area contributed by atoms with Gasteiger partial charge in [-0.05, 0) is 0 Å². The standard InChI is InChI=1S/C6H5.C4H10.Li/c1-2-4-6-5-3-1;1-3-4-2;/h1-5H;3-4H2,1-2H3;. The van der Waals surface area contributed by atoms with Crippen LogP contribution in [0.3, 0.4) is 0 Å². The topological polar surface area (TPSA) is 0 Å². The van der Waals surface area contributed by atoms with Gasteiger partial charge in [-0.2, -0.15) is 0 Å². The van der Waals surface area contributed by atoms with Crippen molar-refractivity contribution in [3.63, 3.8) is 0 Å². The van der Waals surface area contributed by atoms with Crippen LogP contribution >= 0.6 is 0 Å². The summed E-state index contributed by atoms with van der Waals surface area (Å²) < 4.78 is 1.32. The molecule has 0 spiro atoms. The molecule has 0 heterocycles. The molecule has 1 aromatic rings. The van der Waals surface area contributed by atoms with Crippen LogP contribution in [-0.2, 0) is 0 Å². The summed E-state index contributed by atoms with van der Waals surface area (Å²) in [6, 6.07) is 10.3. The van der Waals surface area contributed by atoms with Gasteiger partial charge in [-0.15, -0.1) is 0 Å². The number of unbranched alkanes of at least 4 members (excludes halogenated alkanes) is 1. The first-order valence-corrected chi connectivity index (χ1v) is 4.32. The first kappa shape index (κ1) is 10.8. The van der Waals surface area contributed by atoms with E-state index >= 15 is 0 Å². The van der Waals surface area contributed by atoms with Gasteiger partial charge in [-0.1, -0.05) is 26.7 Å². The molecule has 56 valence electrons. The molecule has 0 aromatic heterocycles. The van der Waals surface area contributed by atoms with E-state index in [2.05, 4.69) is 43.7 Å². The van der Waals surface area contributed by atoms with Crippen molar-refractivity contribution in [2.24, 2.45) is 0 Å². The summed E-state index contributed by atoms with van der Waals surface area (Å²) >= 11 is 2.08. The fraction of sp³-hybridized carbons (Fsp3) is 0.400. The maximum atomic E-state index is 2.18. The molecular weight excluding hydrogens is 127 g/mol. The summed E-state index contributed by atoms with van der Waals surface area (Å²) in [5.74, 6) is 0. The van der Waals surface area contributed by atoms with Gasteiger partial charge in [0.2, 0.25) is 0 Å². The summed E-state index contributed by atoms with van der Waals surface area (Å²) in [4.78, 5) is 0. The zero-order valence-electron chi connectivity index (χ0n) is 7.80. The van der Waals surface area contributed by atoms with Crippen molar-refractivity contribution in [1.29, 1.82) is 0 Å². The molecule has 0 unspecified atom stereocenters. The average molecular weight is 142 g/mol. The van der Waals surface area contributed by atoms with E-state index in [1.807, 2.05) is 18.2 Å². The molecule has 1 heteroatoms. The van der Waals surface area contributed by atoms with Crippen LogP contribution in [0.5, 0.6) is 0 Å². The van der Waals surface area contributed by atoms with Crippen molar-refractivity contribution in [3.8, 4) is 0 Å². The van der Waals surface area contributed by atoms with Crippen LogP contribution in [0.25, 0.3) is 0 Å². The molecule has 0 aliphatic rings. The van der Waals surface area contributed by atoms with Crippen molar-refractivity contribution >= 4 is 22.0 Å². The fourth-order valence-corrected chi connectivity index (χ4v) is 0.534. The van der Waals surface area contributed by atoms with Crippen molar-refractivity contribution in [2.75, 3.05) is 0 Å². The maximum absolute atomic E-state index is 2.18. The Balaban J connectivity index is 0.000000218. The van der Waals surface area contributed by atoms with E-state index in [-0.39, 0.29) is 0 Å². The van der Waals surface area contributed by atoms with Crippen molar-refractivity contribution in [3.05, 3.63) is 30.3 Å². The van der Waals surface area contributed by atoms with Gasteiger partial charge in [0.05, 0.1) is 0 Å².